The van der Waals surface area contributed by atoms with Gasteiger partial charge in [-0.2, -0.15) is 0 Å². The van der Waals surface area contributed by atoms with Gasteiger partial charge >= 0.3 is 0 Å². The van der Waals surface area contributed by atoms with E-state index in [0.29, 0.717) is 17.3 Å². The van der Waals surface area contributed by atoms with Gasteiger partial charge in [-0.15, -0.1) is 0 Å². The van der Waals surface area contributed by atoms with Gasteiger partial charge < -0.3 is 14.6 Å². The summed E-state index contributed by atoms with van der Waals surface area (Å²) in [7, 11) is 0. The molecule has 0 bridgehead atoms. The van der Waals surface area contributed by atoms with E-state index in [2.05, 4.69) is 12.2 Å². The summed E-state index contributed by atoms with van der Waals surface area (Å²) in [5.74, 6) is 0.689. The predicted molar refractivity (Wildman–Crippen MR) is 104 cm³/mol. The fourth-order valence-corrected chi connectivity index (χ4v) is 3.72. The van der Waals surface area contributed by atoms with E-state index in [-0.39, 0.29) is 18.1 Å². The number of nitrogens with one attached hydrogen (secondary N) is 1. The van der Waals surface area contributed by atoms with Crippen LogP contribution in [0.3, 0.4) is 0 Å². The Balaban J connectivity index is 1.72. The summed E-state index contributed by atoms with van der Waals surface area (Å²) in [5.41, 5.74) is 2.60. The van der Waals surface area contributed by atoms with Crippen LogP contribution >= 0.6 is 11.6 Å². The van der Waals surface area contributed by atoms with Gasteiger partial charge in [-0.25, -0.2) is 0 Å². The van der Waals surface area contributed by atoms with Crippen molar-refractivity contribution in [1.82, 2.24) is 9.88 Å². The predicted octanol–water partition coefficient (Wildman–Crippen LogP) is 4.96. The van der Waals surface area contributed by atoms with Gasteiger partial charge in [-0.05, 0) is 37.1 Å². The van der Waals surface area contributed by atoms with Gasteiger partial charge in [0.15, 0.2) is 0 Å². The van der Waals surface area contributed by atoms with Crippen molar-refractivity contribution in [3.05, 3.63) is 64.8 Å². The molecule has 0 aliphatic carbocycles. The summed E-state index contributed by atoms with van der Waals surface area (Å²) in [6.07, 6.45) is 0.931. The molecule has 2 aromatic carbocycles. The van der Waals surface area contributed by atoms with Crippen LogP contribution in [0.5, 0.6) is 5.75 Å². The minimum Gasteiger partial charge on any atom is -0.486 e. The van der Waals surface area contributed by atoms with E-state index >= 15 is 0 Å². The van der Waals surface area contributed by atoms with Crippen LogP contribution in [0.4, 0.5) is 0 Å². The highest BCUT2D eigenvalue weighted by Gasteiger charge is 2.27. The first-order valence-electron chi connectivity index (χ1n) is 8.92. The monoisotopic (exact) mass is 368 g/mol. The van der Waals surface area contributed by atoms with E-state index < -0.39 is 0 Å². The van der Waals surface area contributed by atoms with Crippen molar-refractivity contribution in [1.29, 1.82) is 0 Å². The van der Waals surface area contributed by atoms with Gasteiger partial charge in [0.05, 0.1) is 23.1 Å². The quantitative estimate of drug-likeness (QED) is 0.707. The van der Waals surface area contributed by atoms with E-state index in [1.54, 1.807) is 0 Å². The lowest BCUT2D eigenvalue weighted by atomic mass is 10.1. The second kappa shape index (κ2) is 6.69. The number of amides is 1. The lowest BCUT2D eigenvalue weighted by Crippen LogP contribution is -2.32. The van der Waals surface area contributed by atoms with E-state index in [4.69, 9.17) is 16.3 Å². The molecule has 0 saturated carbocycles. The standard InChI is InChI=1S/C21H21ClN2O2/c1-3-15-12-24-18(11-16-17(22)9-10-19(26-15)20(16)24)21(25)23-13(2)14-7-5-4-6-8-14/h4-11,13,15H,3,12H2,1-2H3,(H,23,25)/t13-,15+/m0/s1. The molecule has 0 unspecified atom stereocenters. The Morgan fingerprint density at radius 1 is 1.31 bits per heavy atom. The summed E-state index contributed by atoms with van der Waals surface area (Å²) in [4.78, 5) is 13.0. The van der Waals surface area contributed by atoms with Crippen molar-refractivity contribution in [2.75, 3.05) is 0 Å². The van der Waals surface area contributed by atoms with Gasteiger partial charge in [0, 0.05) is 5.39 Å². The highest BCUT2D eigenvalue weighted by atomic mass is 35.5. The second-order valence-electron chi connectivity index (χ2n) is 6.70. The highest BCUT2D eigenvalue weighted by molar-refractivity contribution is 6.36. The van der Waals surface area contributed by atoms with E-state index in [1.807, 2.05) is 60.0 Å². The maximum atomic E-state index is 13.0. The zero-order chi connectivity index (χ0) is 18.3. The Bertz CT molecular complexity index is 965. The third-order valence-electron chi connectivity index (χ3n) is 4.98. The SMILES string of the molecule is CC[C@@H]1Cn2c(C(=O)N[C@@H](C)c3ccccc3)cc3c(Cl)ccc(c32)O1. The van der Waals surface area contributed by atoms with Crippen LogP contribution in [0, 0.1) is 0 Å². The second-order valence-corrected chi connectivity index (χ2v) is 7.11. The molecule has 0 fully saturated rings. The molecular weight excluding hydrogens is 348 g/mol. The van der Waals surface area contributed by atoms with Crippen LogP contribution in [-0.2, 0) is 6.54 Å². The molecule has 0 radical (unpaired) electrons. The van der Waals surface area contributed by atoms with Crippen LogP contribution in [0.15, 0.2) is 48.5 Å². The van der Waals surface area contributed by atoms with Crippen molar-refractivity contribution < 1.29 is 9.53 Å². The Morgan fingerprint density at radius 3 is 2.81 bits per heavy atom. The first-order valence-corrected chi connectivity index (χ1v) is 9.30. The van der Waals surface area contributed by atoms with Crippen LogP contribution in [0.2, 0.25) is 5.02 Å². The first-order chi connectivity index (χ1) is 12.6. The molecule has 3 aromatic rings. The molecular formula is C21H21ClN2O2. The number of carbonyl (C=O) groups excluding carboxylic acids is 1. The first kappa shape index (κ1) is 17.0. The average Bonchev–Trinajstić information content (AvgIpc) is 3.06. The van der Waals surface area contributed by atoms with Gasteiger partial charge in [-0.3, -0.25) is 4.79 Å². The number of aromatic nitrogens is 1. The number of rotatable bonds is 4. The lowest BCUT2D eigenvalue weighted by molar-refractivity contribution is 0.0924. The molecule has 1 aliphatic heterocycles. The average molecular weight is 369 g/mol. The number of hydrogen-bond acceptors (Lipinski definition) is 2. The van der Waals surface area contributed by atoms with Crippen molar-refractivity contribution in [2.45, 2.75) is 39.0 Å². The summed E-state index contributed by atoms with van der Waals surface area (Å²) >= 11 is 6.37. The largest absolute Gasteiger partial charge is 0.486 e. The molecule has 1 N–H and O–H groups in total. The van der Waals surface area contributed by atoms with Crippen molar-refractivity contribution in [2.24, 2.45) is 0 Å². The molecule has 2 atom stereocenters. The topological polar surface area (TPSA) is 43.3 Å². The van der Waals surface area contributed by atoms with E-state index in [9.17, 15) is 4.79 Å². The molecule has 134 valence electrons. The summed E-state index contributed by atoms with van der Waals surface area (Å²) in [6, 6.07) is 15.5. The van der Waals surface area contributed by atoms with Crippen LogP contribution in [0.25, 0.3) is 10.9 Å². The van der Waals surface area contributed by atoms with Gasteiger partial charge in [0.1, 0.15) is 17.5 Å². The Morgan fingerprint density at radius 2 is 2.08 bits per heavy atom. The maximum absolute atomic E-state index is 13.0. The van der Waals surface area contributed by atoms with Gasteiger partial charge in [-0.1, -0.05) is 48.9 Å². The maximum Gasteiger partial charge on any atom is 0.268 e. The molecule has 1 amide bonds. The molecule has 0 saturated heterocycles. The molecule has 2 heterocycles. The zero-order valence-corrected chi connectivity index (χ0v) is 15.6. The van der Waals surface area contributed by atoms with Crippen molar-refractivity contribution >= 4 is 28.4 Å². The Hall–Kier alpha value is -2.46. The molecule has 1 aromatic heterocycles. The minimum absolute atomic E-state index is 0.0531. The number of ether oxygens (including phenoxy) is 1. The summed E-state index contributed by atoms with van der Waals surface area (Å²) in [6.45, 7) is 4.72. The molecule has 5 heteroatoms. The lowest BCUT2D eigenvalue weighted by Gasteiger charge is -2.26. The van der Waals surface area contributed by atoms with Crippen LogP contribution in [-0.4, -0.2) is 16.6 Å². The molecule has 0 spiro atoms. The third-order valence-corrected chi connectivity index (χ3v) is 5.31. The number of nitrogens with zero attached hydrogens (tertiary/aromatic N) is 1. The van der Waals surface area contributed by atoms with E-state index in [0.717, 1.165) is 28.6 Å². The van der Waals surface area contributed by atoms with Crippen LogP contribution < -0.4 is 10.1 Å². The zero-order valence-electron chi connectivity index (χ0n) is 14.8. The summed E-state index contributed by atoms with van der Waals surface area (Å²) in [5, 5.41) is 4.59. The third kappa shape index (κ3) is 2.84. The molecule has 4 rings (SSSR count). The van der Waals surface area contributed by atoms with Gasteiger partial charge in [0.25, 0.3) is 5.91 Å². The van der Waals surface area contributed by atoms with Crippen LogP contribution in [0.1, 0.15) is 42.4 Å². The summed E-state index contributed by atoms with van der Waals surface area (Å²) < 4.78 is 8.08. The number of hydrogen-bond donors (Lipinski definition) is 1. The fourth-order valence-electron chi connectivity index (χ4n) is 3.52. The minimum atomic E-state index is -0.101. The number of carbonyl (C=O) groups is 1. The van der Waals surface area contributed by atoms with Crippen molar-refractivity contribution in [3.8, 4) is 5.75 Å². The number of halogens is 1. The van der Waals surface area contributed by atoms with Gasteiger partial charge in [0.2, 0.25) is 0 Å². The van der Waals surface area contributed by atoms with E-state index in [1.165, 1.54) is 0 Å². The smallest absolute Gasteiger partial charge is 0.268 e. The highest BCUT2D eigenvalue weighted by Crippen LogP contribution is 2.38. The normalized spacial score (nSPS) is 17.0. The fraction of sp³-hybridized carbons (Fsp3) is 0.286. The molecule has 4 nitrogen and oxygen atoms in total. The Kier molecular flexibility index (Phi) is 4.37. The molecule has 1 aliphatic rings. The van der Waals surface area contributed by atoms with Crippen molar-refractivity contribution in [3.63, 3.8) is 0 Å². The Labute approximate surface area is 157 Å². The number of benzene rings is 2. The molecule has 26 heavy (non-hydrogen) atoms.